The Morgan fingerprint density at radius 2 is 2.05 bits per heavy atom. The van der Waals surface area contributed by atoms with E-state index in [-0.39, 0.29) is 11.7 Å². The molecule has 5 heteroatoms. The number of likely N-dealkylation sites (tertiary alicyclic amines) is 1. The molecule has 4 nitrogen and oxygen atoms in total. The summed E-state index contributed by atoms with van der Waals surface area (Å²) in [5.74, 6) is 0.306. The molecule has 1 atom stereocenters. The Labute approximate surface area is 123 Å². The first-order chi connectivity index (χ1) is 10.1. The molecule has 0 aliphatic carbocycles. The maximum absolute atomic E-state index is 13.7. The lowest BCUT2D eigenvalue weighted by atomic mass is 9.98. The monoisotopic (exact) mass is 290 g/mol. The van der Waals surface area contributed by atoms with Gasteiger partial charge in [-0.1, -0.05) is 30.3 Å². The molecule has 1 unspecified atom stereocenters. The van der Waals surface area contributed by atoms with Crippen molar-refractivity contribution in [2.24, 2.45) is 11.1 Å². The SMILES string of the molecule is CC1CCN(C(=O)C2CC(c3ccccc3F)=NO2)CC1. The van der Waals surface area contributed by atoms with Gasteiger partial charge in [-0.3, -0.25) is 4.79 Å². The Morgan fingerprint density at radius 1 is 1.33 bits per heavy atom. The van der Waals surface area contributed by atoms with Crippen LogP contribution in [0.1, 0.15) is 31.7 Å². The lowest BCUT2D eigenvalue weighted by molar-refractivity contribution is -0.143. The largest absolute Gasteiger partial charge is 0.382 e. The van der Waals surface area contributed by atoms with Crippen molar-refractivity contribution in [3.63, 3.8) is 0 Å². The highest BCUT2D eigenvalue weighted by Gasteiger charge is 2.34. The van der Waals surface area contributed by atoms with E-state index in [1.807, 2.05) is 4.90 Å². The van der Waals surface area contributed by atoms with Crippen LogP contribution in [0.3, 0.4) is 0 Å². The van der Waals surface area contributed by atoms with Gasteiger partial charge in [-0.05, 0) is 24.8 Å². The lowest BCUT2D eigenvalue weighted by Gasteiger charge is -2.31. The molecule has 0 bridgehead atoms. The molecule has 1 aromatic rings. The zero-order valence-electron chi connectivity index (χ0n) is 12.1. The van der Waals surface area contributed by atoms with Crippen molar-refractivity contribution in [1.82, 2.24) is 4.90 Å². The minimum atomic E-state index is -0.604. The number of oxime groups is 1. The smallest absolute Gasteiger partial charge is 0.266 e. The standard InChI is InChI=1S/C16H19FN2O2/c1-11-6-8-19(9-7-11)16(20)15-10-14(18-21-15)12-4-2-3-5-13(12)17/h2-5,11,15H,6-10H2,1H3. The van der Waals surface area contributed by atoms with Gasteiger partial charge in [0.15, 0.2) is 0 Å². The van der Waals surface area contributed by atoms with Crippen LogP contribution in [0.25, 0.3) is 0 Å². The van der Waals surface area contributed by atoms with Crippen LogP contribution in [0.2, 0.25) is 0 Å². The van der Waals surface area contributed by atoms with Crippen LogP contribution in [-0.2, 0) is 9.63 Å². The quantitative estimate of drug-likeness (QED) is 0.840. The molecule has 0 aromatic heterocycles. The fraction of sp³-hybridized carbons (Fsp3) is 0.500. The molecule has 1 fully saturated rings. The van der Waals surface area contributed by atoms with Crippen molar-refractivity contribution in [1.29, 1.82) is 0 Å². The van der Waals surface area contributed by atoms with E-state index < -0.39 is 6.10 Å². The number of carbonyl (C=O) groups is 1. The number of amides is 1. The molecule has 0 N–H and O–H groups in total. The molecule has 1 amide bonds. The van der Waals surface area contributed by atoms with Gasteiger partial charge >= 0.3 is 0 Å². The summed E-state index contributed by atoms with van der Waals surface area (Å²) in [5, 5.41) is 3.91. The number of hydrogen-bond acceptors (Lipinski definition) is 3. The molecule has 2 aliphatic rings. The molecule has 2 aliphatic heterocycles. The highest BCUT2D eigenvalue weighted by Crippen LogP contribution is 2.23. The molecule has 0 saturated carbocycles. The molecule has 2 heterocycles. The first kappa shape index (κ1) is 14.0. The molecular formula is C16H19FN2O2. The lowest BCUT2D eigenvalue weighted by Crippen LogP contribution is -2.43. The van der Waals surface area contributed by atoms with Crippen LogP contribution < -0.4 is 0 Å². The van der Waals surface area contributed by atoms with Gasteiger partial charge in [0.05, 0.1) is 5.71 Å². The van der Waals surface area contributed by atoms with E-state index in [4.69, 9.17) is 4.84 Å². The number of hydrogen-bond donors (Lipinski definition) is 0. The van der Waals surface area contributed by atoms with Crippen molar-refractivity contribution >= 4 is 11.6 Å². The van der Waals surface area contributed by atoms with Crippen molar-refractivity contribution < 1.29 is 14.0 Å². The zero-order valence-corrected chi connectivity index (χ0v) is 12.1. The van der Waals surface area contributed by atoms with Crippen LogP contribution in [-0.4, -0.2) is 35.7 Å². The van der Waals surface area contributed by atoms with E-state index in [2.05, 4.69) is 12.1 Å². The number of piperidine rings is 1. The molecule has 0 spiro atoms. The summed E-state index contributed by atoms with van der Waals surface area (Å²) < 4.78 is 13.7. The van der Waals surface area contributed by atoms with Gasteiger partial charge in [0.2, 0.25) is 6.10 Å². The normalized spacial score (nSPS) is 22.9. The van der Waals surface area contributed by atoms with Crippen molar-refractivity contribution in [3.05, 3.63) is 35.6 Å². The second-order valence-electron chi connectivity index (χ2n) is 5.82. The maximum atomic E-state index is 13.7. The average Bonchev–Trinajstić information content (AvgIpc) is 2.97. The van der Waals surface area contributed by atoms with Crippen molar-refractivity contribution in [3.8, 4) is 0 Å². The zero-order chi connectivity index (χ0) is 14.8. The molecular weight excluding hydrogens is 271 g/mol. The number of halogens is 1. The fourth-order valence-corrected chi connectivity index (χ4v) is 2.80. The molecule has 21 heavy (non-hydrogen) atoms. The van der Waals surface area contributed by atoms with E-state index in [9.17, 15) is 9.18 Å². The van der Waals surface area contributed by atoms with Crippen LogP contribution in [0.5, 0.6) is 0 Å². The van der Waals surface area contributed by atoms with Crippen LogP contribution in [0.4, 0.5) is 4.39 Å². The van der Waals surface area contributed by atoms with E-state index >= 15 is 0 Å². The summed E-state index contributed by atoms with van der Waals surface area (Å²) in [7, 11) is 0. The Bertz CT molecular complexity index is 565. The topological polar surface area (TPSA) is 41.9 Å². The molecule has 0 radical (unpaired) electrons. The second kappa shape index (κ2) is 5.84. The van der Waals surface area contributed by atoms with E-state index in [1.54, 1.807) is 18.2 Å². The minimum Gasteiger partial charge on any atom is -0.382 e. The van der Waals surface area contributed by atoms with Gasteiger partial charge in [0.1, 0.15) is 5.82 Å². The highest BCUT2D eigenvalue weighted by molar-refractivity contribution is 6.04. The second-order valence-corrected chi connectivity index (χ2v) is 5.82. The predicted octanol–water partition coefficient (Wildman–Crippen LogP) is 2.58. The number of nitrogens with zero attached hydrogens (tertiary/aromatic N) is 2. The molecule has 3 rings (SSSR count). The van der Waals surface area contributed by atoms with Gasteiger partial charge in [-0.2, -0.15) is 0 Å². The van der Waals surface area contributed by atoms with Gasteiger partial charge in [-0.25, -0.2) is 4.39 Å². The first-order valence-electron chi connectivity index (χ1n) is 7.41. The summed E-state index contributed by atoms with van der Waals surface area (Å²) >= 11 is 0. The summed E-state index contributed by atoms with van der Waals surface area (Å²) in [6, 6.07) is 6.43. The Morgan fingerprint density at radius 3 is 2.76 bits per heavy atom. The third-order valence-corrected chi connectivity index (χ3v) is 4.22. The van der Waals surface area contributed by atoms with Crippen LogP contribution >= 0.6 is 0 Å². The minimum absolute atomic E-state index is 0.0306. The van der Waals surface area contributed by atoms with E-state index in [1.165, 1.54) is 6.07 Å². The van der Waals surface area contributed by atoms with Crippen molar-refractivity contribution in [2.75, 3.05) is 13.1 Å². The summed E-state index contributed by atoms with van der Waals surface area (Å²) in [5.41, 5.74) is 0.928. The van der Waals surface area contributed by atoms with Crippen LogP contribution in [0.15, 0.2) is 29.4 Å². The summed E-state index contributed by atoms with van der Waals surface area (Å²) in [6.07, 6.45) is 1.79. The van der Waals surface area contributed by atoms with Gasteiger partial charge < -0.3 is 9.74 Å². The summed E-state index contributed by atoms with van der Waals surface area (Å²) in [6.45, 7) is 3.75. The molecule has 1 aromatic carbocycles. The van der Waals surface area contributed by atoms with E-state index in [0.29, 0.717) is 23.6 Å². The van der Waals surface area contributed by atoms with Gasteiger partial charge in [0.25, 0.3) is 5.91 Å². The van der Waals surface area contributed by atoms with Crippen LogP contribution in [0, 0.1) is 11.7 Å². The number of benzene rings is 1. The summed E-state index contributed by atoms with van der Waals surface area (Å²) in [4.78, 5) is 19.5. The number of rotatable bonds is 2. The predicted molar refractivity (Wildman–Crippen MR) is 77.4 cm³/mol. The Kier molecular flexibility index (Phi) is 3.90. The fourth-order valence-electron chi connectivity index (χ4n) is 2.80. The van der Waals surface area contributed by atoms with Gasteiger partial charge in [0, 0.05) is 25.1 Å². The Hall–Kier alpha value is -1.91. The maximum Gasteiger partial charge on any atom is 0.266 e. The highest BCUT2D eigenvalue weighted by atomic mass is 19.1. The van der Waals surface area contributed by atoms with E-state index in [0.717, 1.165) is 25.9 Å². The third kappa shape index (κ3) is 2.91. The van der Waals surface area contributed by atoms with Gasteiger partial charge in [-0.15, -0.1) is 0 Å². The first-order valence-corrected chi connectivity index (χ1v) is 7.41. The molecule has 1 saturated heterocycles. The average molecular weight is 290 g/mol. The molecule has 112 valence electrons. The third-order valence-electron chi connectivity index (χ3n) is 4.22. The number of carbonyl (C=O) groups excluding carboxylic acids is 1. The Balaban J connectivity index is 1.64. The van der Waals surface area contributed by atoms with Crippen molar-refractivity contribution in [2.45, 2.75) is 32.3 Å².